The lowest BCUT2D eigenvalue weighted by molar-refractivity contribution is -0.134. The van der Waals surface area contributed by atoms with Crippen molar-refractivity contribution in [3.8, 4) is 0 Å². The highest BCUT2D eigenvalue weighted by atomic mass is 35.5. The van der Waals surface area contributed by atoms with Gasteiger partial charge in [-0.15, -0.1) is 0 Å². The Hall–Kier alpha value is -2.29. The van der Waals surface area contributed by atoms with Crippen molar-refractivity contribution in [2.45, 2.75) is 31.4 Å². The molecule has 182 valence electrons. The average molecular weight is 488 g/mol. The molecule has 0 unspecified atom stereocenters. The summed E-state index contributed by atoms with van der Waals surface area (Å²) in [5.41, 5.74) is 2.45. The van der Waals surface area contributed by atoms with Crippen molar-refractivity contribution in [2.75, 3.05) is 63.9 Å². The van der Waals surface area contributed by atoms with Gasteiger partial charge in [-0.25, -0.2) is 14.4 Å². The molecule has 5 rings (SSSR count). The summed E-state index contributed by atoms with van der Waals surface area (Å²) >= 11 is 6.11. The zero-order chi connectivity index (χ0) is 23.7. The minimum absolute atomic E-state index is 0.101. The molecule has 1 aromatic carbocycles. The summed E-state index contributed by atoms with van der Waals surface area (Å²) in [5, 5.41) is 0.664. The van der Waals surface area contributed by atoms with Gasteiger partial charge in [0.05, 0.1) is 24.8 Å². The first-order valence-electron chi connectivity index (χ1n) is 12.1. The molecule has 3 atom stereocenters. The van der Waals surface area contributed by atoms with Crippen LogP contribution in [-0.4, -0.2) is 84.7 Å². The van der Waals surface area contributed by atoms with Gasteiger partial charge >= 0.3 is 0 Å². The second-order valence-corrected chi connectivity index (χ2v) is 9.87. The largest absolute Gasteiger partial charge is 0.379 e. The number of carbonyl (C=O) groups excluding carboxylic acids is 1. The summed E-state index contributed by atoms with van der Waals surface area (Å²) in [7, 11) is 0. The van der Waals surface area contributed by atoms with Crippen LogP contribution in [0.5, 0.6) is 0 Å². The van der Waals surface area contributed by atoms with Crippen LogP contribution < -0.4 is 4.90 Å². The number of anilines is 1. The number of aromatic nitrogens is 2. The number of carbonyl (C=O) groups is 1. The van der Waals surface area contributed by atoms with E-state index >= 15 is 0 Å². The van der Waals surface area contributed by atoms with E-state index in [1.54, 1.807) is 0 Å². The summed E-state index contributed by atoms with van der Waals surface area (Å²) < 4.78 is 19.9. The van der Waals surface area contributed by atoms with Crippen LogP contribution in [0.1, 0.15) is 48.2 Å². The Balaban J connectivity index is 1.30. The SMILES string of the molecule is C[C@@H]1C[C@@H](F)c2ncnc(N3CCN(C(=O)[C@@H](CN4CCOCC4)c4ccc(Cl)cc4)CC3)c21. The lowest BCUT2D eigenvalue weighted by Gasteiger charge is -2.39. The first-order chi connectivity index (χ1) is 16.5. The second-order valence-electron chi connectivity index (χ2n) is 9.43. The van der Waals surface area contributed by atoms with Gasteiger partial charge in [0.15, 0.2) is 0 Å². The standard InChI is InChI=1S/C25H31ClFN5O2/c1-17-14-21(27)23-22(17)24(29-16-28-23)31-6-8-32(9-7-31)25(33)20(15-30-10-12-34-13-11-30)18-2-4-19(26)5-3-18/h2-5,16-17,20-21H,6-15H2,1H3/t17-,20+,21-/m1/s1. The van der Waals surface area contributed by atoms with Gasteiger partial charge in [0.25, 0.3) is 0 Å². The van der Waals surface area contributed by atoms with Crippen molar-refractivity contribution in [2.24, 2.45) is 0 Å². The van der Waals surface area contributed by atoms with Crippen LogP contribution in [0, 0.1) is 0 Å². The Bertz CT molecular complexity index is 1010. The van der Waals surface area contributed by atoms with E-state index in [1.165, 1.54) is 6.33 Å². The number of piperazine rings is 1. The van der Waals surface area contributed by atoms with Gasteiger partial charge < -0.3 is 14.5 Å². The summed E-state index contributed by atoms with van der Waals surface area (Å²) in [6.07, 6.45) is 0.911. The summed E-state index contributed by atoms with van der Waals surface area (Å²) in [4.78, 5) is 28.9. The number of amides is 1. The molecule has 7 nitrogen and oxygen atoms in total. The number of halogens is 2. The van der Waals surface area contributed by atoms with Crippen LogP contribution in [0.25, 0.3) is 0 Å². The third kappa shape index (κ3) is 4.76. The Morgan fingerprint density at radius 3 is 2.53 bits per heavy atom. The second kappa shape index (κ2) is 10.1. The van der Waals surface area contributed by atoms with E-state index in [1.807, 2.05) is 36.1 Å². The number of hydrogen-bond donors (Lipinski definition) is 0. The van der Waals surface area contributed by atoms with E-state index in [9.17, 15) is 9.18 Å². The molecule has 9 heteroatoms. The lowest BCUT2D eigenvalue weighted by Crippen LogP contribution is -2.52. The highest BCUT2D eigenvalue weighted by Crippen LogP contribution is 2.44. The quantitative estimate of drug-likeness (QED) is 0.644. The van der Waals surface area contributed by atoms with Gasteiger partial charge in [0, 0.05) is 56.4 Å². The monoisotopic (exact) mass is 487 g/mol. The summed E-state index contributed by atoms with van der Waals surface area (Å²) in [5.74, 6) is 0.812. The first kappa shape index (κ1) is 23.5. The average Bonchev–Trinajstić information content (AvgIpc) is 3.17. The zero-order valence-corrected chi connectivity index (χ0v) is 20.3. The molecule has 3 aliphatic rings. The van der Waals surface area contributed by atoms with E-state index in [0.29, 0.717) is 63.1 Å². The molecule has 2 fully saturated rings. The van der Waals surface area contributed by atoms with E-state index in [4.69, 9.17) is 16.3 Å². The molecule has 2 saturated heterocycles. The third-order valence-electron chi connectivity index (χ3n) is 7.25. The van der Waals surface area contributed by atoms with Gasteiger partial charge in [-0.2, -0.15) is 0 Å². The van der Waals surface area contributed by atoms with Gasteiger partial charge in [0.2, 0.25) is 5.91 Å². The molecule has 2 aromatic rings. The van der Waals surface area contributed by atoms with E-state index in [2.05, 4.69) is 19.8 Å². The molecule has 3 heterocycles. The molecular weight excluding hydrogens is 457 g/mol. The predicted octanol–water partition coefficient (Wildman–Crippen LogP) is 3.41. The number of benzene rings is 1. The van der Waals surface area contributed by atoms with E-state index in [0.717, 1.165) is 30.0 Å². The number of nitrogens with zero attached hydrogens (tertiary/aromatic N) is 5. The van der Waals surface area contributed by atoms with Crippen LogP contribution >= 0.6 is 11.6 Å². The first-order valence-corrected chi connectivity index (χ1v) is 12.5. The lowest BCUT2D eigenvalue weighted by atomic mass is 9.96. The van der Waals surface area contributed by atoms with Gasteiger partial charge in [-0.3, -0.25) is 9.69 Å². The molecule has 1 aromatic heterocycles. The molecule has 0 saturated carbocycles. The molecule has 0 radical (unpaired) electrons. The van der Waals surface area contributed by atoms with Gasteiger partial charge in [0.1, 0.15) is 18.3 Å². The van der Waals surface area contributed by atoms with Crippen LogP contribution in [0.2, 0.25) is 5.02 Å². The number of fused-ring (bicyclic) bond motifs is 1. The fraction of sp³-hybridized carbons (Fsp3) is 0.560. The smallest absolute Gasteiger partial charge is 0.231 e. The molecule has 0 N–H and O–H groups in total. The highest BCUT2D eigenvalue weighted by Gasteiger charge is 2.36. The minimum Gasteiger partial charge on any atom is -0.379 e. The Kier molecular flexibility index (Phi) is 6.99. The normalized spacial score (nSPS) is 24.2. The number of rotatable bonds is 5. The van der Waals surface area contributed by atoms with Crippen LogP contribution in [-0.2, 0) is 9.53 Å². The molecule has 0 bridgehead atoms. The van der Waals surface area contributed by atoms with Crippen molar-refractivity contribution < 1.29 is 13.9 Å². The number of hydrogen-bond acceptors (Lipinski definition) is 6. The maximum absolute atomic E-state index is 14.4. The fourth-order valence-corrected chi connectivity index (χ4v) is 5.46. The number of morpholine rings is 1. The van der Waals surface area contributed by atoms with Crippen molar-refractivity contribution in [3.05, 3.63) is 52.4 Å². The zero-order valence-electron chi connectivity index (χ0n) is 19.5. The van der Waals surface area contributed by atoms with E-state index in [-0.39, 0.29) is 17.7 Å². The summed E-state index contributed by atoms with van der Waals surface area (Å²) in [6.45, 7) is 8.31. The molecule has 34 heavy (non-hydrogen) atoms. The third-order valence-corrected chi connectivity index (χ3v) is 7.50. The Labute approximate surface area is 204 Å². The molecule has 1 amide bonds. The molecule has 1 aliphatic carbocycles. The maximum atomic E-state index is 14.4. The van der Waals surface area contributed by atoms with Gasteiger partial charge in [-0.1, -0.05) is 30.7 Å². The van der Waals surface area contributed by atoms with Crippen LogP contribution in [0.4, 0.5) is 10.2 Å². The number of alkyl halides is 1. The number of ether oxygens (including phenoxy) is 1. The maximum Gasteiger partial charge on any atom is 0.231 e. The van der Waals surface area contributed by atoms with Crippen molar-refractivity contribution in [1.82, 2.24) is 19.8 Å². The molecule has 2 aliphatic heterocycles. The Morgan fingerprint density at radius 2 is 1.82 bits per heavy atom. The molecular formula is C25H31ClFN5O2. The van der Waals surface area contributed by atoms with Gasteiger partial charge in [-0.05, 0) is 30.0 Å². The van der Waals surface area contributed by atoms with E-state index < -0.39 is 6.17 Å². The van der Waals surface area contributed by atoms with Crippen LogP contribution in [0.15, 0.2) is 30.6 Å². The van der Waals surface area contributed by atoms with Crippen LogP contribution in [0.3, 0.4) is 0 Å². The van der Waals surface area contributed by atoms with Crippen molar-refractivity contribution in [3.63, 3.8) is 0 Å². The predicted molar refractivity (Wildman–Crippen MR) is 129 cm³/mol. The highest BCUT2D eigenvalue weighted by molar-refractivity contribution is 6.30. The van der Waals surface area contributed by atoms with Crippen molar-refractivity contribution >= 4 is 23.3 Å². The van der Waals surface area contributed by atoms with Crippen molar-refractivity contribution in [1.29, 1.82) is 0 Å². The topological polar surface area (TPSA) is 61.8 Å². The Morgan fingerprint density at radius 1 is 1.12 bits per heavy atom. The minimum atomic E-state index is -1.02. The molecule has 0 spiro atoms. The fourth-order valence-electron chi connectivity index (χ4n) is 5.34. The summed E-state index contributed by atoms with van der Waals surface area (Å²) in [6, 6.07) is 7.62.